The van der Waals surface area contributed by atoms with Gasteiger partial charge < -0.3 is 9.47 Å². The third-order valence-electron chi connectivity index (χ3n) is 5.45. The maximum absolute atomic E-state index is 11.5. The van der Waals surface area contributed by atoms with Crippen LogP contribution in [-0.4, -0.2) is 43.6 Å². The highest BCUT2D eigenvalue weighted by Crippen LogP contribution is 2.39. The largest absolute Gasteiger partial charge is 0.495 e. The fourth-order valence-electron chi connectivity index (χ4n) is 3.83. The van der Waals surface area contributed by atoms with Crippen LogP contribution in [-0.2, 0) is 0 Å². The summed E-state index contributed by atoms with van der Waals surface area (Å²) < 4.78 is 12.4. The number of non-ortho nitro benzene ring substituents is 2. The number of rotatable bonds is 6. The number of aromatic nitrogens is 4. The van der Waals surface area contributed by atoms with E-state index in [1.54, 1.807) is 41.0 Å². The third kappa shape index (κ3) is 3.79. The molecule has 3 aromatic carbocycles. The first kappa shape index (κ1) is 22.9. The van der Waals surface area contributed by atoms with Crippen LogP contribution >= 0.6 is 11.6 Å². The molecule has 13 heteroatoms. The van der Waals surface area contributed by atoms with Crippen LogP contribution < -0.4 is 9.47 Å². The minimum absolute atomic E-state index is 0.105. The van der Waals surface area contributed by atoms with E-state index in [1.807, 2.05) is 0 Å². The number of imidazole rings is 1. The van der Waals surface area contributed by atoms with Crippen molar-refractivity contribution in [3.8, 4) is 28.6 Å². The van der Waals surface area contributed by atoms with Gasteiger partial charge in [-0.2, -0.15) is 0 Å². The number of halogens is 1. The SMILES string of the molecule is COc1cc(OC)c(-n2c(-c3cc([N+](=O)[O-])cc([N+](=O)[O-])c3)nc3nc4ccccc4nc32)cc1Cl. The molecule has 0 amide bonds. The first-order chi connectivity index (χ1) is 17.3. The van der Waals surface area contributed by atoms with Gasteiger partial charge in [0.2, 0.25) is 0 Å². The summed E-state index contributed by atoms with van der Waals surface area (Å²) in [5.41, 5.74) is 1.19. The summed E-state index contributed by atoms with van der Waals surface area (Å²) in [7, 11) is 2.91. The van der Waals surface area contributed by atoms with Crippen LogP contribution in [0.15, 0.2) is 54.6 Å². The molecule has 0 atom stereocenters. The van der Waals surface area contributed by atoms with Crippen LogP contribution in [0.5, 0.6) is 11.5 Å². The molecule has 0 aliphatic carbocycles. The number of methoxy groups -OCH3 is 2. The molecule has 2 aromatic heterocycles. The minimum Gasteiger partial charge on any atom is -0.495 e. The smallest absolute Gasteiger partial charge is 0.277 e. The van der Waals surface area contributed by atoms with Gasteiger partial charge in [0.15, 0.2) is 11.3 Å². The number of nitro groups is 2. The Hall–Kier alpha value is -4.84. The number of benzene rings is 3. The molecule has 0 N–H and O–H groups in total. The molecule has 2 heterocycles. The maximum Gasteiger partial charge on any atom is 0.277 e. The van der Waals surface area contributed by atoms with Crippen molar-refractivity contribution in [3.05, 3.63) is 79.8 Å². The van der Waals surface area contributed by atoms with Gasteiger partial charge >= 0.3 is 0 Å². The van der Waals surface area contributed by atoms with Gasteiger partial charge in [0, 0.05) is 23.8 Å². The Balaban J connectivity index is 1.92. The average molecular weight is 507 g/mol. The molecule has 0 saturated carbocycles. The van der Waals surface area contributed by atoms with Crippen molar-refractivity contribution in [1.29, 1.82) is 0 Å². The van der Waals surface area contributed by atoms with Gasteiger partial charge in [0.25, 0.3) is 11.4 Å². The topological polar surface area (TPSA) is 148 Å². The molecule has 5 rings (SSSR count). The van der Waals surface area contributed by atoms with Crippen LogP contribution in [0.4, 0.5) is 11.4 Å². The van der Waals surface area contributed by atoms with Crippen LogP contribution in [0, 0.1) is 20.2 Å². The Labute approximate surface area is 207 Å². The Bertz CT molecular complexity index is 1670. The molecule has 0 saturated heterocycles. The van der Waals surface area contributed by atoms with Gasteiger partial charge in [-0.3, -0.25) is 24.8 Å². The van der Waals surface area contributed by atoms with Crippen LogP contribution in [0.25, 0.3) is 39.4 Å². The molecule has 0 fully saturated rings. The summed E-state index contributed by atoms with van der Waals surface area (Å²) in [4.78, 5) is 35.5. The fraction of sp³-hybridized carbons (Fsp3) is 0.0870. The zero-order valence-electron chi connectivity index (χ0n) is 18.7. The lowest BCUT2D eigenvalue weighted by Crippen LogP contribution is -2.03. The molecule has 0 bridgehead atoms. The second kappa shape index (κ2) is 8.74. The van der Waals surface area contributed by atoms with Crippen molar-refractivity contribution >= 4 is 45.3 Å². The van der Waals surface area contributed by atoms with Gasteiger partial charge in [-0.15, -0.1) is 0 Å². The fourth-order valence-corrected chi connectivity index (χ4v) is 4.07. The molecular weight excluding hydrogens is 492 g/mol. The van der Waals surface area contributed by atoms with E-state index in [2.05, 4.69) is 9.97 Å². The minimum atomic E-state index is -0.709. The van der Waals surface area contributed by atoms with E-state index in [0.29, 0.717) is 28.2 Å². The lowest BCUT2D eigenvalue weighted by molar-refractivity contribution is -0.394. The Kier molecular flexibility index (Phi) is 5.57. The predicted octanol–water partition coefficient (Wildman–Crippen LogP) is 5.12. The second-order valence-corrected chi connectivity index (χ2v) is 7.95. The number of para-hydroxylation sites is 2. The standard InChI is InChI=1S/C23H15ClN6O6/c1-35-19-11-20(36-2)18(10-15(19)24)28-22(12-7-13(29(31)32)9-14(8-12)30(33)34)27-21-23(28)26-17-6-4-3-5-16(17)25-21/h3-11H,1-2H3. The van der Waals surface area contributed by atoms with Crippen LogP contribution in [0.1, 0.15) is 0 Å². The molecule has 180 valence electrons. The number of fused-ring (bicyclic) bond motifs is 2. The number of hydrogen-bond acceptors (Lipinski definition) is 9. The highest BCUT2D eigenvalue weighted by Gasteiger charge is 2.25. The van der Waals surface area contributed by atoms with Crippen molar-refractivity contribution in [2.45, 2.75) is 0 Å². The molecule has 0 spiro atoms. The number of nitro benzene ring substituents is 2. The lowest BCUT2D eigenvalue weighted by Gasteiger charge is -2.15. The lowest BCUT2D eigenvalue weighted by atomic mass is 10.1. The number of nitrogens with zero attached hydrogens (tertiary/aromatic N) is 6. The summed E-state index contributed by atoms with van der Waals surface area (Å²) in [6, 6.07) is 13.6. The van der Waals surface area contributed by atoms with E-state index < -0.39 is 21.2 Å². The number of ether oxygens (including phenoxy) is 2. The van der Waals surface area contributed by atoms with Gasteiger partial charge in [0.05, 0.1) is 51.9 Å². The zero-order valence-corrected chi connectivity index (χ0v) is 19.5. The van der Waals surface area contributed by atoms with Gasteiger partial charge in [0.1, 0.15) is 17.3 Å². The van der Waals surface area contributed by atoms with E-state index in [4.69, 9.17) is 26.1 Å². The van der Waals surface area contributed by atoms with Crippen molar-refractivity contribution in [3.63, 3.8) is 0 Å². The molecule has 0 unspecified atom stereocenters. The van der Waals surface area contributed by atoms with Crippen molar-refractivity contribution in [2.75, 3.05) is 14.2 Å². The van der Waals surface area contributed by atoms with Crippen LogP contribution in [0.2, 0.25) is 5.02 Å². The van der Waals surface area contributed by atoms with E-state index >= 15 is 0 Å². The van der Waals surface area contributed by atoms with Crippen molar-refractivity contribution in [1.82, 2.24) is 19.5 Å². The molecule has 0 aliphatic heterocycles. The molecule has 5 aromatic rings. The predicted molar refractivity (Wildman–Crippen MR) is 131 cm³/mol. The summed E-state index contributed by atoms with van der Waals surface area (Å²) in [6.07, 6.45) is 0. The summed E-state index contributed by atoms with van der Waals surface area (Å²) >= 11 is 6.42. The summed E-state index contributed by atoms with van der Waals surface area (Å²) in [6.45, 7) is 0. The van der Waals surface area contributed by atoms with Gasteiger partial charge in [-0.1, -0.05) is 23.7 Å². The van der Waals surface area contributed by atoms with E-state index in [-0.39, 0.29) is 27.7 Å². The molecule has 0 aliphatic rings. The van der Waals surface area contributed by atoms with Gasteiger partial charge in [-0.25, -0.2) is 15.0 Å². The monoisotopic (exact) mass is 506 g/mol. The highest BCUT2D eigenvalue weighted by atomic mass is 35.5. The maximum atomic E-state index is 11.5. The third-order valence-corrected chi connectivity index (χ3v) is 5.74. The Morgan fingerprint density at radius 2 is 1.44 bits per heavy atom. The van der Waals surface area contributed by atoms with Crippen molar-refractivity contribution < 1.29 is 19.3 Å². The zero-order chi connectivity index (χ0) is 25.6. The van der Waals surface area contributed by atoms with Crippen LogP contribution in [0.3, 0.4) is 0 Å². The van der Waals surface area contributed by atoms with Gasteiger partial charge in [-0.05, 0) is 18.2 Å². The second-order valence-electron chi connectivity index (χ2n) is 7.54. The number of hydrogen-bond donors (Lipinski definition) is 0. The first-order valence-electron chi connectivity index (χ1n) is 10.3. The first-order valence-corrected chi connectivity index (χ1v) is 10.7. The summed E-state index contributed by atoms with van der Waals surface area (Å²) in [5.74, 6) is 0.795. The quantitative estimate of drug-likeness (QED) is 0.226. The normalized spacial score (nSPS) is 11.1. The molecule has 12 nitrogen and oxygen atoms in total. The summed E-state index contributed by atoms with van der Waals surface area (Å²) in [5, 5.41) is 23.3. The average Bonchev–Trinajstić information content (AvgIpc) is 3.24. The molecule has 0 radical (unpaired) electrons. The van der Waals surface area contributed by atoms with E-state index in [0.717, 1.165) is 6.07 Å². The molecular formula is C23H15ClN6O6. The Morgan fingerprint density at radius 1 is 0.833 bits per heavy atom. The van der Waals surface area contributed by atoms with Crippen molar-refractivity contribution in [2.24, 2.45) is 0 Å². The van der Waals surface area contributed by atoms with E-state index in [9.17, 15) is 20.2 Å². The highest BCUT2D eigenvalue weighted by molar-refractivity contribution is 6.32. The Morgan fingerprint density at radius 3 is 2.03 bits per heavy atom. The van der Waals surface area contributed by atoms with E-state index in [1.165, 1.54) is 26.4 Å². The molecule has 36 heavy (non-hydrogen) atoms.